The van der Waals surface area contributed by atoms with E-state index in [0.717, 1.165) is 18.2 Å². The summed E-state index contributed by atoms with van der Waals surface area (Å²) < 4.78 is 85.4. The molecule has 10 heteroatoms. The van der Waals surface area contributed by atoms with Crippen LogP contribution in [0.2, 0.25) is 0 Å². The zero-order valence-electron chi connectivity index (χ0n) is 17.0. The van der Waals surface area contributed by atoms with Crippen molar-refractivity contribution in [2.75, 3.05) is 5.32 Å². The van der Waals surface area contributed by atoms with E-state index in [-0.39, 0.29) is 29.2 Å². The highest BCUT2D eigenvalue weighted by Crippen LogP contribution is 2.45. The predicted molar refractivity (Wildman–Crippen MR) is 108 cm³/mol. The van der Waals surface area contributed by atoms with Gasteiger partial charge in [0.05, 0.1) is 5.56 Å². The highest BCUT2D eigenvalue weighted by molar-refractivity contribution is 5.88. The predicted octanol–water partition coefficient (Wildman–Crippen LogP) is 6.89. The second-order valence-corrected chi connectivity index (χ2v) is 7.14. The van der Waals surface area contributed by atoms with Gasteiger partial charge in [0.2, 0.25) is 0 Å². The monoisotopic (exact) mass is 469 g/mol. The molecule has 0 radical (unpaired) electrons. The van der Waals surface area contributed by atoms with Crippen molar-refractivity contribution in [1.29, 1.82) is 0 Å². The number of carboxylic acids is 1. The first-order valence-corrected chi connectivity index (χ1v) is 9.47. The topological polar surface area (TPSA) is 58.6 Å². The van der Waals surface area contributed by atoms with Gasteiger partial charge in [-0.3, -0.25) is 0 Å². The number of carbonyl (C=O) groups is 1. The third-order valence-corrected chi connectivity index (χ3v) is 4.76. The van der Waals surface area contributed by atoms with Gasteiger partial charge in [-0.15, -0.1) is 0 Å². The van der Waals surface area contributed by atoms with Gasteiger partial charge in [-0.05, 0) is 61.0 Å². The molecule has 174 valence electrons. The van der Waals surface area contributed by atoms with E-state index in [1.807, 2.05) is 0 Å². The van der Waals surface area contributed by atoms with Gasteiger partial charge in [0.15, 0.2) is 0 Å². The van der Waals surface area contributed by atoms with Crippen molar-refractivity contribution in [2.24, 2.45) is 0 Å². The fourth-order valence-corrected chi connectivity index (χ4v) is 2.93. The highest BCUT2D eigenvalue weighted by atomic mass is 19.4. The Morgan fingerprint density at radius 1 is 0.939 bits per heavy atom. The minimum atomic E-state index is -5.80. The number of halogens is 6. The molecule has 0 aliphatic carbocycles. The molecule has 3 aromatic carbocycles. The first-order valence-electron chi connectivity index (χ1n) is 9.47. The summed E-state index contributed by atoms with van der Waals surface area (Å²) >= 11 is 0. The third-order valence-electron chi connectivity index (χ3n) is 4.76. The fourth-order valence-electron chi connectivity index (χ4n) is 2.93. The highest BCUT2D eigenvalue weighted by Gasteiger charge is 2.58. The van der Waals surface area contributed by atoms with Gasteiger partial charge in [-0.2, -0.15) is 22.0 Å². The van der Waals surface area contributed by atoms with Crippen LogP contribution in [0.3, 0.4) is 0 Å². The van der Waals surface area contributed by atoms with E-state index < -0.39 is 29.4 Å². The standard InChI is InChI=1S/C23H17F6NO3/c1-13-10-17(24)6-9-19(13)33-20-11-16(22(25,26)23(27,28)29)5-2-15(20)12-30-18-7-3-14(4-8-18)21(31)32/h2-11,30H,12H2,1H3,(H,31,32). The molecule has 0 fully saturated rings. The van der Waals surface area contributed by atoms with E-state index in [1.54, 1.807) is 0 Å². The molecule has 4 nitrogen and oxygen atoms in total. The molecule has 0 heterocycles. The lowest BCUT2D eigenvalue weighted by Crippen LogP contribution is -2.33. The molecule has 0 saturated carbocycles. The maximum absolute atomic E-state index is 13.9. The minimum absolute atomic E-state index is 0.0418. The number of benzene rings is 3. The maximum atomic E-state index is 13.9. The van der Waals surface area contributed by atoms with Crippen LogP contribution in [0.15, 0.2) is 60.7 Å². The molecule has 33 heavy (non-hydrogen) atoms. The number of alkyl halides is 5. The fraction of sp³-hybridized carbons (Fsp3) is 0.174. The average Bonchev–Trinajstić information content (AvgIpc) is 2.74. The molecule has 3 aromatic rings. The average molecular weight is 469 g/mol. The van der Waals surface area contributed by atoms with Crippen LogP contribution in [0.25, 0.3) is 0 Å². The molecule has 0 saturated heterocycles. The minimum Gasteiger partial charge on any atom is -0.478 e. The quantitative estimate of drug-likeness (QED) is 0.370. The van der Waals surface area contributed by atoms with Crippen molar-refractivity contribution in [2.45, 2.75) is 25.6 Å². The molecular weight excluding hydrogens is 452 g/mol. The molecule has 0 spiro atoms. The van der Waals surface area contributed by atoms with Crippen molar-refractivity contribution in [3.05, 3.63) is 88.7 Å². The van der Waals surface area contributed by atoms with Crippen LogP contribution in [0.5, 0.6) is 11.5 Å². The smallest absolute Gasteiger partial charge is 0.458 e. The summed E-state index contributed by atoms with van der Waals surface area (Å²) in [7, 11) is 0. The molecule has 0 amide bonds. The number of aromatic carboxylic acids is 1. The van der Waals surface area contributed by atoms with Gasteiger partial charge in [0.1, 0.15) is 17.3 Å². The summed E-state index contributed by atoms with van der Waals surface area (Å²) in [6, 6.07) is 11.4. The lowest BCUT2D eigenvalue weighted by molar-refractivity contribution is -0.289. The molecule has 0 atom stereocenters. The number of ether oxygens (including phenoxy) is 1. The number of rotatable bonds is 7. The molecular formula is C23H17F6NO3. The van der Waals surface area contributed by atoms with Crippen molar-refractivity contribution in [3.8, 4) is 11.5 Å². The van der Waals surface area contributed by atoms with Crippen LogP contribution in [0, 0.1) is 12.7 Å². The Morgan fingerprint density at radius 2 is 1.61 bits per heavy atom. The lowest BCUT2D eigenvalue weighted by atomic mass is 10.0. The second kappa shape index (κ2) is 9.05. The van der Waals surface area contributed by atoms with E-state index in [2.05, 4.69) is 5.32 Å². The summed E-state index contributed by atoms with van der Waals surface area (Å²) in [5, 5.41) is 11.9. The Balaban J connectivity index is 1.94. The molecule has 3 rings (SSSR count). The van der Waals surface area contributed by atoms with Gasteiger partial charge in [-0.1, -0.05) is 12.1 Å². The maximum Gasteiger partial charge on any atom is 0.458 e. The third kappa shape index (κ3) is 5.39. The summed E-state index contributed by atoms with van der Waals surface area (Å²) in [4.78, 5) is 10.9. The van der Waals surface area contributed by atoms with Gasteiger partial charge in [-0.25, -0.2) is 9.18 Å². The van der Waals surface area contributed by atoms with Crippen LogP contribution in [-0.2, 0) is 12.5 Å². The number of hydrogen-bond acceptors (Lipinski definition) is 3. The van der Waals surface area contributed by atoms with Crippen molar-refractivity contribution < 1.29 is 41.0 Å². The molecule has 0 aliphatic heterocycles. The van der Waals surface area contributed by atoms with Crippen LogP contribution >= 0.6 is 0 Å². The van der Waals surface area contributed by atoms with E-state index in [4.69, 9.17) is 9.84 Å². The van der Waals surface area contributed by atoms with Crippen LogP contribution in [0.1, 0.15) is 27.0 Å². The Morgan fingerprint density at radius 3 is 2.18 bits per heavy atom. The van der Waals surface area contributed by atoms with E-state index >= 15 is 0 Å². The normalized spacial score (nSPS) is 11.8. The SMILES string of the molecule is Cc1cc(F)ccc1Oc1cc(C(F)(F)C(F)(F)F)ccc1CNc1ccc(C(=O)O)cc1. The second-order valence-electron chi connectivity index (χ2n) is 7.14. The molecule has 0 bridgehead atoms. The lowest BCUT2D eigenvalue weighted by Gasteiger charge is -2.22. The van der Waals surface area contributed by atoms with Gasteiger partial charge in [0.25, 0.3) is 0 Å². The zero-order chi connectivity index (χ0) is 24.4. The molecule has 0 aromatic heterocycles. The summed E-state index contributed by atoms with van der Waals surface area (Å²) in [6.45, 7) is 1.45. The summed E-state index contributed by atoms with van der Waals surface area (Å²) in [6.07, 6.45) is -5.80. The Bertz CT molecular complexity index is 1160. The zero-order valence-corrected chi connectivity index (χ0v) is 17.0. The number of anilines is 1. The summed E-state index contributed by atoms with van der Waals surface area (Å²) in [5.74, 6) is -6.99. The van der Waals surface area contributed by atoms with E-state index in [9.17, 15) is 31.1 Å². The number of hydrogen-bond donors (Lipinski definition) is 2. The Labute approximate surface area is 184 Å². The van der Waals surface area contributed by atoms with E-state index in [1.165, 1.54) is 37.3 Å². The first-order chi connectivity index (χ1) is 15.4. The number of carboxylic acid groups (broad SMARTS) is 1. The van der Waals surface area contributed by atoms with Crippen LogP contribution in [0.4, 0.5) is 32.0 Å². The number of nitrogens with one attached hydrogen (secondary N) is 1. The van der Waals surface area contributed by atoms with Crippen molar-refractivity contribution in [1.82, 2.24) is 0 Å². The van der Waals surface area contributed by atoms with Gasteiger partial charge >= 0.3 is 18.1 Å². The molecule has 0 unspecified atom stereocenters. The van der Waals surface area contributed by atoms with Gasteiger partial charge in [0, 0.05) is 23.4 Å². The first kappa shape index (κ1) is 24.0. The van der Waals surface area contributed by atoms with Crippen molar-refractivity contribution >= 4 is 11.7 Å². The Hall–Kier alpha value is -3.69. The largest absolute Gasteiger partial charge is 0.478 e. The molecule has 0 aliphatic rings. The number of aryl methyl sites for hydroxylation is 1. The molecule has 2 N–H and O–H groups in total. The Kier molecular flexibility index (Phi) is 6.57. The van der Waals surface area contributed by atoms with E-state index in [0.29, 0.717) is 23.4 Å². The van der Waals surface area contributed by atoms with Gasteiger partial charge < -0.3 is 15.2 Å². The van der Waals surface area contributed by atoms with Crippen LogP contribution < -0.4 is 10.1 Å². The van der Waals surface area contributed by atoms with Crippen molar-refractivity contribution in [3.63, 3.8) is 0 Å². The summed E-state index contributed by atoms with van der Waals surface area (Å²) in [5.41, 5.74) is -0.225. The van der Waals surface area contributed by atoms with Crippen LogP contribution in [-0.4, -0.2) is 17.3 Å².